The van der Waals surface area contributed by atoms with E-state index in [0.717, 1.165) is 17.1 Å². The lowest BCUT2D eigenvalue weighted by Gasteiger charge is -2.28. The number of nitrogens with one attached hydrogen (secondary N) is 2. The van der Waals surface area contributed by atoms with Gasteiger partial charge in [0.05, 0.1) is 30.6 Å². The molecular formula is C27H26N6O2S. The van der Waals surface area contributed by atoms with E-state index >= 15 is 0 Å². The topological polar surface area (TPSA) is 84.3 Å². The number of pyridine rings is 2. The smallest absolute Gasteiger partial charge is 0.226 e. The number of aromatic nitrogens is 3. The third-order valence-electron chi connectivity index (χ3n) is 6.18. The maximum atomic E-state index is 12.9. The van der Waals surface area contributed by atoms with Crippen LogP contribution in [0.25, 0.3) is 5.69 Å². The number of carbonyl (C=O) groups excluding carboxylic acids is 1. The number of thiocarbonyl (C=S) groups is 1. The zero-order chi connectivity index (χ0) is 24.9. The number of amides is 1. The van der Waals surface area contributed by atoms with Gasteiger partial charge in [-0.05, 0) is 60.7 Å². The maximum absolute atomic E-state index is 12.9. The average Bonchev–Trinajstić information content (AvgIpc) is 3.53. The highest BCUT2D eigenvalue weighted by Crippen LogP contribution is 2.39. The van der Waals surface area contributed by atoms with Crippen molar-refractivity contribution in [3.63, 3.8) is 0 Å². The third-order valence-corrected chi connectivity index (χ3v) is 6.54. The molecule has 8 nitrogen and oxygen atoms in total. The van der Waals surface area contributed by atoms with Crippen molar-refractivity contribution in [2.45, 2.75) is 18.5 Å². The molecule has 182 valence electrons. The molecule has 0 radical (unpaired) electrons. The summed E-state index contributed by atoms with van der Waals surface area (Å²) in [4.78, 5) is 23.7. The summed E-state index contributed by atoms with van der Waals surface area (Å²) >= 11 is 5.77. The summed E-state index contributed by atoms with van der Waals surface area (Å²) in [6.45, 7) is 0.433. The van der Waals surface area contributed by atoms with E-state index in [1.54, 1.807) is 25.7 Å². The molecule has 0 spiro atoms. The summed E-state index contributed by atoms with van der Waals surface area (Å²) in [6.07, 6.45) is 7.59. The van der Waals surface area contributed by atoms with Crippen LogP contribution in [0.1, 0.15) is 29.9 Å². The van der Waals surface area contributed by atoms with Crippen molar-refractivity contribution in [3.05, 3.63) is 103 Å². The van der Waals surface area contributed by atoms with Crippen molar-refractivity contribution < 1.29 is 9.53 Å². The second kappa shape index (κ2) is 10.6. The molecule has 0 aliphatic carbocycles. The Balaban J connectivity index is 1.43. The molecule has 2 atom stereocenters. The summed E-state index contributed by atoms with van der Waals surface area (Å²) in [5, 5.41) is 6.98. The Kier molecular flexibility index (Phi) is 6.90. The van der Waals surface area contributed by atoms with Gasteiger partial charge in [0.1, 0.15) is 5.75 Å². The number of hydrogen-bond acceptors (Lipinski definition) is 5. The van der Waals surface area contributed by atoms with Crippen LogP contribution in [0.4, 0.5) is 5.69 Å². The minimum atomic E-state index is -0.175. The molecule has 1 aliphatic heterocycles. The van der Waals surface area contributed by atoms with E-state index in [0.29, 0.717) is 23.1 Å². The SMILES string of the molecule is COc1ccccc1NC(=O)CCN1C(=S)N[C@H](c2ccccn2)[C@H]1c1cccn1-c1ccncc1. The zero-order valence-corrected chi connectivity index (χ0v) is 20.6. The minimum absolute atomic E-state index is 0.119. The van der Waals surface area contributed by atoms with E-state index in [2.05, 4.69) is 36.1 Å². The number of para-hydroxylation sites is 2. The lowest BCUT2D eigenvalue weighted by molar-refractivity contribution is -0.116. The Bertz CT molecular complexity index is 1340. The molecule has 4 heterocycles. The van der Waals surface area contributed by atoms with Crippen molar-refractivity contribution in [3.8, 4) is 11.4 Å². The number of anilines is 1. The Hall–Kier alpha value is -4.24. The summed E-state index contributed by atoms with van der Waals surface area (Å²) in [5.41, 5.74) is 3.56. The van der Waals surface area contributed by atoms with E-state index < -0.39 is 0 Å². The molecule has 1 aromatic carbocycles. The fourth-order valence-corrected chi connectivity index (χ4v) is 4.86. The van der Waals surface area contributed by atoms with Gasteiger partial charge >= 0.3 is 0 Å². The normalized spacial score (nSPS) is 17.0. The van der Waals surface area contributed by atoms with Crippen LogP contribution in [0.5, 0.6) is 5.75 Å². The number of ether oxygens (including phenoxy) is 1. The number of methoxy groups -OCH3 is 1. The average molecular weight is 499 g/mol. The van der Waals surface area contributed by atoms with Crippen LogP contribution in [-0.2, 0) is 4.79 Å². The van der Waals surface area contributed by atoms with Crippen LogP contribution in [0.2, 0.25) is 0 Å². The molecule has 0 saturated carbocycles. The van der Waals surface area contributed by atoms with Gasteiger partial charge < -0.3 is 24.8 Å². The van der Waals surface area contributed by atoms with E-state index in [1.807, 2.05) is 66.9 Å². The Morgan fingerprint density at radius 3 is 2.64 bits per heavy atom. The molecule has 5 rings (SSSR count). The van der Waals surface area contributed by atoms with Crippen LogP contribution >= 0.6 is 12.2 Å². The first kappa shape index (κ1) is 23.5. The predicted molar refractivity (Wildman–Crippen MR) is 142 cm³/mol. The Morgan fingerprint density at radius 2 is 1.86 bits per heavy atom. The quantitative estimate of drug-likeness (QED) is 0.351. The number of carbonyl (C=O) groups is 1. The summed E-state index contributed by atoms with van der Waals surface area (Å²) in [7, 11) is 1.58. The van der Waals surface area contributed by atoms with E-state index in [9.17, 15) is 4.79 Å². The van der Waals surface area contributed by atoms with Crippen LogP contribution < -0.4 is 15.4 Å². The molecule has 1 saturated heterocycles. The van der Waals surface area contributed by atoms with Crippen molar-refractivity contribution in [1.82, 2.24) is 24.8 Å². The van der Waals surface area contributed by atoms with Crippen LogP contribution in [-0.4, -0.2) is 44.1 Å². The van der Waals surface area contributed by atoms with Crippen molar-refractivity contribution in [1.29, 1.82) is 0 Å². The van der Waals surface area contributed by atoms with Crippen LogP contribution in [0, 0.1) is 0 Å². The first-order valence-corrected chi connectivity index (χ1v) is 12.0. The molecule has 3 aromatic heterocycles. The standard InChI is InChI=1S/C27H26N6O2S/c1-35-23-10-3-2-7-20(23)30-24(34)13-18-33-26(25(31-27(33)36)21-8-4-5-14-29-21)22-9-6-17-32(22)19-11-15-28-16-12-19/h2-12,14-17,25-26H,13,18H2,1H3,(H,30,34)(H,31,36)/t25-,26-/m1/s1. The van der Waals surface area contributed by atoms with Crippen molar-refractivity contribution in [2.75, 3.05) is 19.0 Å². The summed E-state index contributed by atoms with van der Waals surface area (Å²) in [6, 6.07) is 20.9. The Morgan fingerprint density at radius 1 is 1.06 bits per heavy atom. The van der Waals surface area contributed by atoms with Gasteiger partial charge in [0.15, 0.2) is 5.11 Å². The van der Waals surface area contributed by atoms with Crippen molar-refractivity contribution in [2.24, 2.45) is 0 Å². The molecule has 1 aliphatic rings. The summed E-state index contributed by atoms with van der Waals surface area (Å²) in [5.74, 6) is 0.499. The first-order chi connectivity index (χ1) is 17.7. The number of hydrogen-bond donors (Lipinski definition) is 2. The molecule has 0 bridgehead atoms. The molecule has 2 N–H and O–H groups in total. The number of nitrogens with zero attached hydrogens (tertiary/aromatic N) is 4. The molecule has 36 heavy (non-hydrogen) atoms. The summed E-state index contributed by atoms with van der Waals surface area (Å²) < 4.78 is 7.48. The van der Waals surface area contributed by atoms with Crippen LogP contribution in [0.15, 0.2) is 91.5 Å². The van der Waals surface area contributed by atoms with Gasteiger partial charge in [-0.3, -0.25) is 14.8 Å². The largest absolute Gasteiger partial charge is 0.495 e. The second-order valence-electron chi connectivity index (χ2n) is 8.33. The minimum Gasteiger partial charge on any atom is -0.495 e. The van der Waals surface area contributed by atoms with E-state index in [1.165, 1.54) is 0 Å². The number of rotatable bonds is 8. The maximum Gasteiger partial charge on any atom is 0.226 e. The molecule has 9 heteroatoms. The molecule has 1 amide bonds. The lowest BCUT2D eigenvalue weighted by atomic mass is 10.0. The van der Waals surface area contributed by atoms with Crippen molar-refractivity contribution >= 4 is 28.9 Å². The highest BCUT2D eigenvalue weighted by Gasteiger charge is 2.41. The zero-order valence-electron chi connectivity index (χ0n) is 19.7. The number of benzene rings is 1. The fourth-order valence-electron chi connectivity index (χ4n) is 4.53. The Labute approximate surface area is 215 Å². The second-order valence-corrected chi connectivity index (χ2v) is 8.71. The highest BCUT2D eigenvalue weighted by atomic mass is 32.1. The van der Waals surface area contributed by atoms with Gasteiger partial charge in [-0.2, -0.15) is 0 Å². The molecular weight excluding hydrogens is 472 g/mol. The van der Waals surface area contributed by atoms with Gasteiger partial charge in [-0.15, -0.1) is 0 Å². The molecule has 1 fully saturated rings. The van der Waals surface area contributed by atoms with E-state index in [-0.39, 0.29) is 24.4 Å². The van der Waals surface area contributed by atoms with Gasteiger partial charge in [-0.25, -0.2) is 0 Å². The highest BCUT2D eigenvalue weighted by molar-refractivity contribution is 7.80. The molecule has 0 unspecified atom stereocenters. The van der Waals surface area contributed by atoms with Gasteiger partial charge in [0.25, 0.3) is 0 Å². The molecule has 4 aromatic rings. The van der Waals surface area contributed by atoms with Gasteiger partial charge in [0.2, 0.25) is 5.91 Å². The van der Waals surface area contributed by atoms with Gasteiger partial charge in [0, 0.05) is 49.1 Å². The predicted octanol–water partition coefficient (Wildman–Crippen LogP) is 4.28. The lowest BCUT2D eigenvalue weighted by Crippen LogP contribution is -2.33. The fraction of sp³-hybridized carbons (Fsp3) is 0.185. The van der Waals surface area contributed by atoms with E-state index in [4.69, 9.17) is 17.0 Å². The first-order valence-electron chi connectivity index (χ1n) is 11.6. The van der Waals surface area contributed by atoms with Crippen LogP contribution in [0.3, 0.4) is 0 Å². The van der Waals surface area contributed by atoms with Gasteiger partial charge in [-0.1, -0.05) is 18.2 Å². The monoisotopic (exact) mass is 498 g/mol. The third kappa shape index (κ3) is 4.78.